The van der Waals surface area contributed by atoms with Crippen molar-refractivity contribution >= 4 is 29.5 Å². The second-order valence-electron chi connectivity index (χ2n) is 14.6. The van der Waals surface area contributed by atoms with E-state index in [2.05, 4.69) is 10.6 Å². The maximum absolute atomic E-state index is 13.6. The van der Waals surface area contributed by atoms with Gasteiger partial charge >= 0.3 is 0 Å². The van der Waals surface area contributed by atoms with Gasteiger partial charge in [-0.1, -0.05) is 6.42 Å². The standard InChI is InChI=1S/C40H58N6O8/c1-45(2)40(46(3)4)44-27-14-12-24(13-15-27)10-9-11-32(47)28-20-30(35(53-7)22-33(28)51-5)38(49)42-25-16-18-26(19-17-25)43-39(50)31-21-29(37(41)48)34(52-6)23-36(31)54-8/h20-27H,9-19H2,1-8H3,(H2,41,48)(H,42,49)(H,43,50). The third kappa shape index (κ3) is 10.6. The van der Waals surface area contributed by atoms with Gasteiger partial charge in [0.25, 0.3) is 17.7 Å². The minimum Gasteiger partial charge on any atom is -0.496 e. The van der Waals surface area contributed by atoms with Crippen LogP contribution in [0.4, 0.5) is 0 Å². The second kappa shape index (κ2) is 19.4. The Balaban J connectivity index is 1.32. The third-order valence-corrected chi connectivity index (χ3v) is 10.4. The molecule has 3 amide bonds. The molecule has 0 saturated heterocycles. The highest BCUT2D eigenvalue weighted by molar-refractivity contribution is 6.04. The van der Waals surface area contributed by atoms with Crippen molar-refractivity contribution < 1.29 is 38.1 Å². The SMILES string of the molecule is COc1cc(OC)c(C(=O)NC2CCC(NC(=O)c3cc(C(=O)CCCC4CCC(N=C(N(C)C)N(C)C)CC4)c(OC)cc3OC)CC2)cc1C(N)=O. The van der Waals surface area contributed by atoms with Crippen molar-refractivity contribution in [1.82, 2.24) is 20.4 Å². The molecule has 0 heterocycles. The number of Topliss-reactive ketones (excluding diaryl/α,β-unsaturated/α-hetero) is 1. The van der Waals surface area contributed by atoms with Crippen LogP contribution < -0.4 is 35.3 Å². The number of rotatable bonds is 15. The Bertz CT molecular complexity index is 1670. The van der Waals surface area contributed by atoms with Crippen LogP contribution in [0.15, 0.2) is 29.3 Å². The number of ketones is 1. The maximum atomic E-state index is 13.6. The van der Waals surface area contributed by atoms with Crippen LogP contribution in [0.3, 0.4) is 0 Å². The van der Waals surface area contributed by atoms with Crippen molar-refractivity contribution in [3.63, 3.8) is 0 Å². The first-order valence-corrected chi connectivity index (χ1v) is 18.7. The number of carbonyl (C=O) groups excluding carboxylic acids is 4. The number of carbonyl (C=O) groups is 4. The summed E-state index contributed by atoms with van der Waals surface area (Å²) in [5.74, 6) is 1.16. The lowest BCUT2D eigenvalue weighted by Crippen LogP contribution is -2.44. The molecule has 0 spiro atoms. The number of ether oxygens (including phenoxy) is 4. The highest BCUT2D eigenvalue weighted by Gasteiger charge is 2.29. The normalized spacial score (nSPS) is 19.5. The van der Waals surface area contributed by atoms with E-state index in [0.29, 0.717) is 61.1 Å². The molecule has 2 fully saturated rings. The summed E-state index contributed by atoms with van der Waals surface area (Å²) in [7, 11) is 13.9. The number of hydrogen-bond donors (Lipinski definition) is 3. The molecule has 2 aliphatic rings. The van der Waals surface area contributed by atoms with Gasteiger partial charge in [0, 0.05) is 58.8 Å². The molecule has 296 valence electrons. The second-order valence-corrected chi connectivity index (χ2v) is 14.6. The smallest absolute Gasteiger partial charge is 0.255 e. The lowest BCUT2D eigenvalue weighted by molar-refractivity contribution is 0.0887. The van der Waals surface area contributed by atoms with Crippen LogP contribution in [0.25, 0.3) is 0 Å². The molecule has 4 N–H and O–H groups in total. The van der Waals surface area contributed by atoms with Gasteiger partial charge in [0.05, 0.1) is 56.7 Å². The van der Waals surface area contributed by atoms with E-state index in [1.54, 1.807) is 12.1 Å². The minimum absolute atomic E-state index is 0.0730. The third-order valence-electron chi connectivity index (χ3n) is 10.4. The van der Waals surface area contributed by atoms with E-state index in [4.69, 9.17) is 29.7 Å². The van der Waals surface area contributed by atoms with Crippen LogP contribution in [0.2, 0.25) is 0 Å². The van der Waals surface area contributed by atoms with E-state index in [0.717, 1.165) is 44.5 Å². The molecule has 4 rings (SSSR count). The number of primary amides is 1. The quantitative estimate of drug-likeness (QED) is 0.132. The van der Waals surface area contributed by atoms with Gasteiger partial charge in [0.15, 0.2) is 11.7 Å². The van der Waals surface area contributed by atoms with E-state index in [9.17, 15) is 19.2 Å². The molecule has 0 aromatic heterocycles. The number of benzene rings is 2. The highest BCUT2D eigenvalue weighted by Crippen LogP contribution is 2.34. The largest absolute Gasteiger partial charge is 0.496 e. The molecule has 2 aliphatic carbocycles. The lowest BCUT2D eigenvalue weighted by atomic mass is 9.83. The van der Waals surface area contributed by atoms with Gasteiger partial charge in [-0.25, -0.2) is 4.99 Å². The molecule has 0 bridgehead atoms. The summed E-state index contributed by atoms with van der Waals surface area (Å²) in [6.07, 6.45) is 8.82. The average molecular weight is 751 g/mol. The first-order chi connectivity index (χ1) is 25.8. The molecule has 0 unspecified atom stereocenters. The molecular weight excluding hydrogens is 692 g/mol. The fourth-order valence-corrected chi connectivity index (χ4v) is 7.51. The van der Waals surface area contributed by atoms with Crippen molar-refractivity contribution in [3.05, 3.63) is 46.5 Å². The van der Waals surface area contributed by atoms with E-state index in [-0.39, 0.29) is 52.0 Å². The Labute approximate surface area is 319 Å². The van der Waals surface area contributed by atoms with Crippen molar-refractivity contribution in [2.75, 3.05) is 56.6 Å². The van der Waals surface area contributed by atoms with Gasteiger partial charge in [0.2, 0.25) is 0 Å². The number of nitrogens with two attached hydrogens (primary N) is 1. The highest BCUT2D eigenvalue weighted by atomic mass is 16.5. The number of methoxy groups -OCH3 is 4. The molecule has 2 saturated carbocycles. The van der Waals surface area contributed by atoms with Crippen LogP contribution in [-0.4, -0.2) is 114 Å². The lowest BCUT2D eigenvalue weighted by Gasteiger charge is -2.30. The van der Waals surface area contributed by atoms with Gasteiger partial charge in [0.1, 0.15) is 23.0 Å². The van der Waals surface area contributed by atoms with Gasteiger partial charge < -0.3 is 45.1 Å². The first-order valence-electron chi connectivity index (χ1n) is 18.7. The van der Waals surface area contributed by atoms with Crippen LogP contribution >= 0.6 is 0 Å². The van der Waals surface area contributed by atoms with Gasteiger partial charge in [-0.05, 0) is 75.8 Å². The topological polar surface area (TPSA) is 174 Å². The summed E-state index contributed by atoms with van der Waals surface area (Å²) in [5.41, 5.74) is 6.37. The van der Waals surface area contributed by atoms with Crippen LogP contribution in [0.5, 0.6) is 23.0 Å². The van der Waals surface area contributed by atoms with Crippen molar-refractivity contribution in [2.24, 2.45) is 16.6 Å². The molecule has 0 aliphatic heterocycles. The molecule has 0 radical (unpaired) electrons. The maximum Gasteiger partial charge on any atom is 0.255 e. The molecule has 0 atom stereocenters. The monoisotopic (exact) mass is 750 g/mol. The number of nitrogens with one attached hydrogen (secondary N) is 2. The molecule has 54 heavy (non-hydrogen) atoms. The average Bonchev–Trinajstić information content (AvgIpc) is 3.16. The van der Waals surface area contributed by atoms with Gasteiger partial charge in [-0.15, -0.1) is 0 Å². The van der Waals surface area contributed by atoms with Crippen molar-refractivity contribution in [1.29, 1.82) is 0 Å². The van der Waals surface area contributed by atoms with Crippen LogP contribution in [0, 0.1) is 5.92 Å². The summed E-state index contributed by atoms with van der Waals surface area (Å²) in [6.45, 7) is 0. The number of nitrogens with zero attached hydrogens (tertiary/aromatic N) is 3. The Morgan fingerprint density at radius 3 is 1.50 bits per heavy atom. The first kappa shape index (κ1) is 41.7. The zero-order valence-electron chi connectivity index (χ0n) is 33.1. The number of hydrogen-bond acceptors (Lipinski definition) is 9. The predicted molar refractivity (Wildman–Crippen MR) is 207 cm³/mol. The molecular formula is C40H58N6O8. The Morgan fingerprint density at radius 1 is 0.648 bits per heavy atom. The number of aliphatic imine (C=N–C) groups is 1. The predicted octanol–water partition coefficient (Wildman–Crippen LogP) is 4.68. The van der Waals surface area contributed by atoms with Crippen molar-refractivity contribution in [2.45, 2.75) is 88.8 Å². The number of guanidine groups is 1. The van der Waals surface area contributed by atoms with E-state index in [1.165, 1.54) is 40.6 Å². The molecule has 2 aromatic rings. The van der Waals surface area contributed by atoms with E-state index in [1.807, 2.05) is 38.0 Å². The Morgan fingerprint density at radius 2 is 1.07 bits per heavy atom. The zero-order chi connectivity index (χ0) is 39.5. The minimum atomic E-state index is -0.723. The Hall–Kier alpha value is -5.01. The van der Waals surface area contributed by atoms with E-state index >= 15 is 0 Å². The number of amides is 3. The summed E-state index contributed by atoms with van der Waals surface area (Å²) in [6, 6.07) is 6.04. The van der Waals surface area contributed by atoms with Gasteiger partial charge in [-0.2, -0.15) is 0 Å². The molecule has 14 heteroatoms. The van der Waals surface area contributed by atoms with E-state index < -0.39 is 11.8 Å². The Kier molecular flexibility index (Phi) is 15.0. The summed E-state index contributed by atoms with van der Waals surface area (Å²) in [5, 5.41) is 6.12. The zero-order valence-corrected chi connectivity index (χ0v) is 33.1. The fraction of sp³-hybridized carbons (Fsp3) is 0.575. The molecule has 2 aromatic carbocycles. The fourth-order valence-electron chi connectivity index (χ4n) is 7.51. The molecule has 14 nitrogen and oxygen atoms in total. The summed E-state index contributed by atoms with van der Waals surface area (Å²) in [4.78, 5) is 61.4. The summed E-state index contributed by atoms with van der Waals surface area (Å²) >= 11 is 0. The summed E-state index contributed by atoms with van der Waals surface area (Å²) < 4.78 is 21.7. The van der Waals surface area contributed by atoms with Crippen LogP contribution in [0.1, 0.15) is 112 Å². The van der Waals surface area contributed by atoms with Crippen LogP contribution in [-0.2, 0) is 0 Å². The van der Waals surface area contributed by atoms with Gasteiger partial charge in [-0.3, -0.25) is 19.2 Å². The van der Waals surface area contributed by atoms with Crippen molar-refractivity contribution in [3.8, 4) is 23.0 Å².